The molecule has 0 saturated heterocycles. The number of rotatable bonds is 6. The number of halogens is 1. The molecule has 1 unspecified atom stereocenters. The van der Waals surface area contributed by atoms with Crippen LogP contribution >= 0.6 is 11.6 Å². The minimum atomic E-state index is -0.284. The highest BCUT2D eigenvalue weighted by Crippen LogP contribution is 2.39. The number of aromatic nitrogens is 2. The van der Waals surface area contributed by atoms with E-state index in [9.17, 15) is 0 Å². The lowest BCUT2D eigenvalue weighted by Crippen LogP contribution is -1.95. The maximum atomic E-state index is 6.11. The summed E-state index contributed by atoms with van der Waals surface area (Å²) in [4.78, 5) is 4.30. The molecular weight excluding hydrogens is 296 g/mol. The van der Waals surface area contributed by atoms with Gasteiger partial charge >= 0.3 is 0 Å². The number of benzene rings is 1. The van der Waals surface area contributed by atoms with Crippen molar-refractivity contribution in [2.24, 2.45) is 0 Å². The first kappa shape index (κ1) is 15.4. The summed E-state index contributed by atoms with van der Waals surface area (Å²) < 4.78 is 21.1. The van der Waals surface area contributed by atoms with Gasteiger partial charge in [-0.2, -0.15) is 4.98 Å². The molecule has 1 aromatic heterocycles. The molecule has 0 bridgehead atoms. The van der Waals surface area contributed by atoms with E-state index < -0.39 is 0 Å². The van der Waals surface area contributed by atoms with E-state index in [4.69, 9.17) is 30.3 Å². The second kappa shape index (κ2) is 6.67. The van der Waals surface area contributed by atoms with E-state index in [0.29, 0.717) is 40.9 Å². The van der Waals surface area contributed by atoms with E-state index >= 15 is 0 Å². The minimum Gasteiger partial charge on any atom is -0.496 e. The second-order valence-corrected chi connectivity index (χ2v) is 4.77. The Morgan fingerprint density at radius 1 is 1.10 bits per heavy atom. The molecule has 114 valence electrons. The van der Waals surface area contributed by atoms with Gasteiger partial charge in [0.1, 0.15) is 5.75 Å². The third kappa shape index (κ3) is 3.05. The number of nitrogens with zero attached hydrogens (tertiary/aromatic N) is 2. The van der Waals surface area contributed by atoms with Crippen molar-refractivity contribution in [3.63, 3.8) is 0 Å². The Balaban J connectivity index is 2.49. The molecule has 0 aliphatic rings. The molecule has 0 amide bonds. The zero-order valence-corrected chi connectivity index (χ0v) is 13.1. The molecule has 1 heterocycles. The molecule has 0 aliphatic carbocycles. The minimum absolute atomic E-state index is 0.284. The smallest absolute Gasteiger partial charge is 0.261 e. The molecule has 1 atom stereocenters. The van der Waals surface area contributed by atoms with Gasteiger partial charge in [-0.05, 0) is 6.42 Å². The van der Waals surface area contributed by atoms with E-state index in [1.807, 2.05) is 6.92 Å². The number of alkyl halides is 1. The van der Waals surface area contributed by atoms with Gasteiger partial charge < -0.3 is 18.7 Å². The van der Waals surface area contributed by atoms with E-state index in [2.05, 4.69) is 10.1 Å². The lowest BCUT2D eigenvalue weighted by Gasteiger charge is -2.11. The Labute approximate surface area is 128 Å². The molecule has 2 rings (SSSR count). The van der Waals surface area contributed by atoms with Gasteiger partial charge in [0.25, 0.3) is 5.89 Å². The topological polar surface area (TPSA) is 66.6 Å². The van der Waals surface area contributed by atoms with Crippen LogP contribution in [0.15, 0.2) is 16.7 Å². The third-order valence-electron chi connectivity index (χ3n) is 3.02. The van der Waals surface area contributed by atoms with Crippen molar-refractivity contribution in [1.82, 2.24) is 10.1 Å². The van der Waals surface area contributed by atoms with E-state index in [0.717, 1.165) is 0 Å². The Hall–Kier alpha value is -1.95. The van der Waals surface area contributed by atoms with E-state index in [1.54, 1.807) is 33.5 Å². The van der Waals surface area contributed by atoms with Crippen LogP contribution in [-0.4, -0.2) is 31.5 Å². The molecule has 0 N–H and O–H groups in total. The lowest BCUT2D eigenvalue weighted by atomic mass is 10.1. The van der Waals surface area contributed by atoms with Gasteiger partial charge in [0.15, 0.2) is 17.3 Å². The molecule has 7 heteroatoms. The Kier molecular flexibility index (Phi) is 4.90. The second-order valence-electron chi connectivity index (χ2n) is 4.24. The fourth-order valence-electron chi connectivity index (χ4n) is 1.85. The van der Waals surface area contributed by atoms with Crippen molar-refractivity contribution in [1.29, 1.82) is 0 Å². The van der Waals surface area contributed by atoms with E-state index in [1.165, 1.54) is 0 Å². The summed E-state index contributed by atoms with van der Waals surface area (Å²) in [5, 5.41) is 3.61. The molecule has 1 aromatic carbocycles. The maximum absolute atomic E-state index is 6.11. The molecule has 0 saturated carbocycles. The van der Waals surface area contributed by atoms with Gasteiger partial charge in [0.05, 0.1) is 32.3 Å². The van der Waals surface area contributed by atoms with Crippen LogP contribution in [0.2, 0.25) is 0 Å². The zero-order chi connectivity index (χ0) is 15.4. The first-order valence-electron chi connectivity index (χ1n) is 6.42. The first-order valence-corrected chi connectivity index (χ1v) is 6.86. The highest BCUT2D eigenvalue weighted by atomic mass is 35.5. The van der Waals surface area contributed by atoms with Crippen molar-refractivity contribution in [3.05, 3.63) is 18.0 Å². The van der Waals surface area contributed by atoms with Crippen molar-refractivity contribution < 1.29 is 18.7 Å². The molecule has 0 spiro atoms. The van der Waals surface area contributed by atoms with Gasteiger partial charge in [-0.25, -0.2) is 0 Å². The molecule has 0 radical (unpaired) electrons. The largest absolute Gasteiger partial charge is 0.496 e. The van der Waals surface area contributed by atoms with Crippen LogP contribution in [0.1, 0.15) is 24.5 Å². The fraction of sp³-hybridized carbons (Fsp3) is 0.429. The van der Waals surface area contributed by atoms with Crippen LogP contribution in [0.25, 0.3) is 11.5 Å². The fourth-order valence-corrected chi connectivity index (χ4v) is 1.94. The van der Waals surface area contributed by atoms with Crippen molar-refractivity contribution in [3.8, 4) is 28.7 Å². The molecule has 0 aliphatic heterocycles. The summed E-state index contributed by atoms with van der Waals surface area (Å²) in [5.74, 6) is 2.42. The molecular formula is C14H17ClN2O4. The average molecular weight is 313 g/mol. The summed E-state index contributed by atoms with van der Waals surface area (Å²) in [5.41, 5.74) is 0.619. The number of hydrogen-bond donors (Lipinski definition) is 0. The van der Waals surface area contributed by atoms with Gasteiger partial charge in [0, 0.05) is 12.1 Å². The molecule has 6 nitrogen and oxygen atoms in total. The standard InChI is InChI=1S/C14H17ClN2O4/c1-5-9(15)13-16-14(21-17-13)8-6-11(19-3)12(20-4)7-10(8)18-2/h6-7,9H,5H2,1-4H3. The van der Waals surface area contributed by atoms with Crippen molar-refractivity contribution in [2.75, 3.05) is 21.3 Å². The summed E-state index contributed by atoms with van der Waals surface area (Å²) in [7, 11) is 4.67. The molecule has 0 fully saturated rings. The average Bonchev–Trinajstić information content (AvgIpc) is 3.02. The van der Waals surface area contributed by atoms with Crippen LogP contribution in [-0.2, 0) is 0 Å². The normalized spacial score (nSPS) is 12.0. The zero-order valence-electron chi connectivity index (χ0n) is 12.3. The van der Waals surface area contributed by atoms with Crippen molar-refractivity contribution in [2.45, 2.75) is 18.7 Å². The Bertz CT molecular complexity index is 615. The quantitative estimate of drug-likeness (QED) is 0.761. The van der Waals surface area contributed by atoms with Gasteiger partial charge in [-0.15, -0.1) is 11.6 Å². The van der Waals surface area contributed by atoms with Crippen molar-refractivity contribution >= 4 is 11.6 Å². The predicted molar refractivity (Wildman–Crippen MR) is 78.3 cm³/mol. The highest BCUT2D eigenvalue weighted by molar-refractivity contribution is 6.20. The Morgan fingerprint density at radius 2 is 1.71 bits per heavy atom. The maximum Gasteiger partial charge on any atom is 0.261 e. The van der Waals surface area contributed by atoms with Crippen LogP contribution < -0.4 is 14.2 Å². The summed E-state index contributed by atoms with van der Waals surface area (Å²) in [6.07, 6.45) is 0.712. The summed E-state index contributed by atoms with van der Waals surface area (Å²) >= 11 is 6.11. The number of hydrogen-bond acceptors (Lipinski definition) is 6. The van der Waals surface area contributed by atoms with Gasteiger partial charge in [-0.1, -0.05) is 12.1 Å². The van der Waals surface area contributed by atoms with Gasteiger partial charge in [-0.3, -0.25) is 0 Å². The van der Waals surface area contributed by atoms with Crippen LogP contribution in [0.3, 0.4) is 0 Å². The summed E-state index contributed by atoms with van der Waals surface area (Å²) in [6.45, 7) is 1.95. The van der Waals surface area contributed by atoms with Crippen LogP contribution in [0.4, 0.5) is 0 Å². The highest BCUT2D eigenvalue weighted by Gasteiger charge is 2.20. The number of methoxy groups -OCH3 is 3. The lowest BCUT2D eigenvalue weighted by molar-refractivity contribution is 0.348. The van der Waals surface area contributed by atoms with Crippen LogP contribution in [0.5, 0.6) is 17.2 Å². The number of ether oxygens (including phenoxy) is 3. The summed E-state index contributed by atoms with van der Waals surface area (Å²) in [6, 6.07) is 3.43. The predicted octanol–water partition coefficient (Wildman–Crippen LogP) is 3.45. The first-order chi connectivity index (χ1) is 10.1. The monoisotopic (exact) mass is 312 g/mol. The third-order valence-corrected chi connectivity index (χ3v) is 3.52. The SMILES string of the molecule is CCC(Cl)c1noc(-c2cc(OC)c(OC)cc2OC)n1. The Morgan fingerprint density at radius 3 is 2.29 bits per heavy atom. The molecule has 21 heavy (non-hydrogen) atoms. The van der Waals surface area contributed by atoms with Crippen LogP contribution in [0, 0.1) is 0 Å². The van der Waals surface area contributed by atoms with Gasteiger partial charge in [0.2, 0.25) is 0 Å². The van der Waals surface area contributed by atoms with E-state index in [-0.39, 0.29) is 5.38 Å². The molecule has 2 aromatic rings.